The van der Waals surface area contributed by atoms with Crippen LogP contribution in [-0.4, -0.2) is 43.5 Å². The number of hydrogen-bond acceptors (Lipinski definition) is 7. The van der Waals surface area contributed by atoms with Gasteiger partial charge in [0.1, 0.15) is 6.54 Å². The van der Waals surface area contributed by atoms with Crippen LogP contribution in [0.5, 0.6) is 11.5 Å². The minimum absolute atomic E-state index is 0.0799. The molecular formula is C21H22N2O5S2. The van der Waals surface area contributed by atoms with Gasteiger partial charge < -0.3 is 18.8 Å². The van der Waals surface area contributed by atoms with Gasteiger partial charge in [0.05, 0.1) is 37.1 Å². The van der Waals surface area contributed by atoms with E-state index in [1.54, 1.807) is 41.6 Å². The molecule has 158 valence electrons. The van der Waals surface area contributed by atoms with Crippen molar-refractivity contribution in [1.29, 1.82) is 0 Å². The summed E-state index contributed by atoms with van der Waals surface area (Å²) in [5.74, 6) is 1.11. The lowest BCUT2D eigenvalue weighted by molar-refractivity contribution is -0.141. The summed E-state index contributed by atoms with van der Waals surface area (Å²) in [6.45, 7) is 1.95. The van der Waals surface area contributed by atoms with Gasteiger partial charge in [-0.25, -0.2) is 0 Å². The van der Waals surface area contributed by atoms with E-state index < -0.39 is 5.97 Å². The summed E-state index contributed by atoms with van der Waals surface area (Å²) in [6.07, 6.45) is 0. The summed E-state index contributed by atoms with van der Waals surface area (Å²) >= 11 is 2.88. The van der Waals surface area contributed by atoms with Gasteiger partial charge in [-0.3, -0.25) is 9.59 Å². The first kappa shape index (κ1) is 21.9. The Morgan fingerprint density at radius 3 is 2.47 bits per heavy atom. The average molecular weight is 447 g/mol. The van der Waals surface area contributed by atoms with Crippen LogP contribution < -0.4 is 14.3 Å². The van der Waals surface area contributed by atoms with Crippen molar-refractivity contribution < 1.29 is 23.8 Å². The number of carbonyl (C=O) groups is 2. The zero-order valence-corrected chi connectivity index (χ0v) is 18.8. The van der Waals surface area contributed by atoms with Crippen LogP contribution in [0, 0.1) is 0 Å². The summed E-state index contributed by atoms with van der Waals surface area (Å²) in [5.41, 5.74) is 1.23. The summed E-state index contributed by atoms with van der Waals surface area (Å²) in [6, 6.07) is 10.9. The molecule has 3 rings (SSSR count). The van der Waals surface area contributed by atoms with E-state index in [2.05, 4.69) is 4.99 Å². The number of thioether (sulfide) groups is 1. The highest BCUT2D eigenvalue weighted by molar-refractivity contribution is 7.99. The fourth-order valence-electron chi connectivity index (χ4n) is 2.90. The van der Waals surface area contributed by atoms with E-state index in [1.165, 1.54) is 25.6 Å². The standard InChI is InChI=1S/C21H22N2O5S2/c1-5-29-17-9-7-6-8-13(17)20(25)22-21-23(12-19(24)28-4)14-10-15(26-2)16(27-3)11-18(14)30-21/h6-11H,5,12H2,1-4H3. The maximum atomic E-state index is 13.0. The molecule has 7 nitrogen and oxygen atoms in total. The van der Waals surface area contributed by atoms with Gasteiger partial charge in [-0.15, -0.1) is 11.8 Å². The second-order valence-electron chi connectivity index (χ2n) is 6.07. The lowest BCUT2D eigenvalue weighted by Gasteiger charge is -2.09. The maximum Gasteiger partial charge on any atom is 0.325 e. The molecule has 30 heavy (non-hydrogen) atoms. The number of methoxy groups -OCH3 is 3. The number of carbonyl (C=O) groups excluding carboxylic acids is 2. The monoisotopic (exact) mass is 446 g/mol. The molecule has 1 heterocycles. The number of thiazole rings is 1. The Kier molecular flexibility index (Phi) is 7.17. The molecule has 9 heteroatoms. The van der Waals surface area contributed by atoms with E-state index in [-0.39, 0.29) is 12.5 Å². The van der Waals surface area contributed by atoms with Gasteiger partial charge in [0.2, 0.25) is 0 Å². The third-order valence-corrected chi connectivity index (χ3v) is 6.31. The molecule has 3 aromatic rings. The molecule has 0 aliphatic carbocycles. The number of aromatic nitrogens is 1. The Morgan fingerprint density at radius 1 is 1.10 bits per heavy atom. The molecular weight excluding hydrogens is 424 g/mol. The summed E-state index contributed by atoms with van der Waals surface area (Å²) in [7, 11) is 4.41. The van der Waals surface area contributed by atoms with Crippen LogP contribution in [0.15, 0.2) is 46.3 Å². The van der Waals surface area contributed by atoms with Gasteiger partial charge in [-0.1, -0.05) is 30.4 Å². The molecule has 0 bridgehead atoms. The molecule has 0 saturated heterocycles. The number of fused-ring (bicyclic) bond motifs is 1. The van der Waals surface area contributed by atoms with E-state index >= 15 is 0 Å². The van der Waals surface area contributed by atoms with Gasteiger partial charge in [0.15, 0.2) is 16.3 Å². The highest BCUT2D eigenvalue weighted by atomic mass is 32.2. The van der Waals surface area contributed by atoms with E-state index in [0.717, 1.165) is 15.3 Å². The Bertz CT molecular complexity index is 1150. The number of amides is 1. The van der Waals surface area contributed by atoms with Gasteiger partial charge in [-0.2, -0.15) is 4.99 Å². The smallest absolute Gasteiger partial charge is 0.325 e. The minimum Gasteiger partial charge on any atom is -0.493 e. The van der Waals surface area contributed by atoms with Crippen LogP contribution in [0.25, 0.3) is 10.2 Å². The highest BCUT2D eigenvalue weighted by Gasteiger charge is 2.17. The van der Waals surface area contributed by atoms with Crippen LogP contribution in [0.1, 0.15) is 17.3 Å². The minimum atomic E-state index is -0.444. The predicted molar refractivity (Wildman–Crippen MR) is 118 cm³/mol. The lowest BCUT2D eigenvalue weighted by atomic mass is 10.2. The molecule has 0 radical (unpaired) electrons. The van der Waals surface area contributed by atoms with Crippen molar-refractivity contribution >= 4 is 45.2 Å². The topological polar surface area (TPSA) is 79.1 Å². The Morgan fingerprint density at radius 2 is 1.80 bits per heavy atom. The molecule has 0 unspecified atom stereocenters. The van der Waals surface area contributed by atoms with Crippen molar-refractivity contribution in [2.75, 3.05) is 27.1 Å². The molecule has 0 spiro atoms. The van der Waals surface area contributed by atoms with Crippen LogP contribution in [0.3, 0.4) is 0 Å². The SMILES string of the molecule is CCSc1ccccc1C(=O)N=c1sc2cc(OC)c(OC)cc2n1CC(=O)OC. The van der Waals surface area contributed by atoms with Crippen molar-refractivity contribution in [3.05, 3.63) is 46.8 Å². The molecule has 0 aliphatic rings. The first-order chi connectivity index (χ1) is 14.5. The first-order valence-electron chi connectivity index (χ1n) is 9.15. The molecule has 0 fully saturated rings. The lowest BCUT2D eigenvalue weighted by Crippen LogP contribution is -2.22. The number of rotatable bonds is 7. The van der Waals surface area contributed by atoms with E-state index in [4.69, 9.17) is 14.2 Å². The predicted octanol–water partition coefficient (Wildman–Crippen LogP) is 3.75. The van der Waals surface area contributed by atoms with Crippen molar-refractivity contribution in [2.45, 2.75) is 18.4 Å². The van der Waals surface area contributed by atoms with Crippen molar-refractivity contribution in [3.63, 3.8) is 0 Å². The molecule has 0 N–H and O–H groups in total. The molecule has 1 aromatic heterocycles. The van der Waals surface area contributed by atoms with Crippen molar-refractivity contribution in [1.82, 2.24) is 4.57 Å². The number of hydrogen-bond donors (Lipinski definition) is 0. The van der Waals surface area contributed by atoms with Crippen LogP contribution in [0.4, 0.5) is 0 Å². The number of nitrogens with zero attached hydrogens (tertiary/aromatic N) is 2. The Labute approximate surface area is 182 Å². The van der Waals surface area contributed by atoms with Gasteiger partial charge in [0, 0.05) is 17.0 Å². The van der Waals surface area contributed by atoms with Crippen molar-refractivity contribution in [3.8, 4) is 11.5 Å². The molecule has 0 atom stereocenters. The fraction of sp³-hybridized carbons (Fsp3) is 0.286. The number of ether oxygens (including phenoxy) is 3. The highest BCUT2D eigenvalue weighted by Crippen LogP contribution is 2.33. The fourth-order valence-corrected chi connectivity index (χ4v) is 4.73. The van der Waals surface area contributed by atoms with Gasteiger partial charge in [0.25, 0.3) is 5.91 Å². The summed E-state index contributed by atoms with van der Waals surface area (Å²) in [4.78, 5) is 30.6. The molecule has 0 saturated carbocycles. The zero-order chi connectivity index (χ0) is 21.7. The molecule has 1 amide bonds. The van der Waals surface area contributed by atoms with Crippen LogP contribution in [0.2, 0.25) is 0 Å². The second-order valence-corrected chi connectivity index (χ2v) is 8.38. The average Bonchev–Trinajstić information content (AvgIpc) is 3.08. The third-order valence-electron chi connectivity index (χ3n) is 4.32. The number of esters is 1. The Balaban J connectivity index is 2.19. The van der Waals surface area contributed by atoms with Crippen LogP contribution in [-0.2, 0) is 16.1 Å². The van der Waals surface area contributed by atoms with E-state index in [1.807, 2.05) is 25.1 Å². The van der Waals surface area contributed by atoms with Gasteiger partial charge >= 0.3 is 5.97 Å². The summed E-state index contributed by atoms with van der Waals surface area (Å²) < 4.78 is 18.0. The van der Waals surface area contributed by atoms with E-state index in [0.29, 0.717) is 27.4 Å². The number of benzene rings is 2. The van der Waals surface area contributed by atoms with Crippen molar-refractivity contribution in [2.24, 2.45) is 4.99 Å². The molecule has 0 aliphatic heterocycles. The summed E-state index contributed by atoms with van der Waals surface area (Å²) in [5, 5.41) is 0. The Hall–Kier alpha value is -2.78. The normalized spacial score (nSPS) is 11.5. The first-order valence-corrected chi connectivity index (χ1v) is 11.0. The van der Waals surface area contributed by atoms with E-state index in [9.17, 15) is 9.59 Å². The maximum absolute atomic E-state index is 13.0. The quantitative estimate of drug-likeness (QED) is 0.406. The molecule has 2 aromatic carbocycles. The van der Waals surface area contributed by atoms with Crippen LogP contribution >= 0.6 is 23.1 Å². The second kappa shape index (κ2) is 9.82. The zero-order valence-electron chi connectivity index (χ0n) is 17.1. The largest absolute Gasteiger partial charge is 0.493 e. The van der Waals surface area contributed by atoms with Gasteiger partial charge in [-0.05, 0) is 17.9 Å². The third kappa shape index (κ3) is 4.52.